The van der Waals surface area contributed by atoms with Crippen LogP contribution in [0.4, 0.5) is 0 Å². The van der Waals surface area contributed by atoms with Gasteiger partial charge in [0.1, 0.15) is 5.75 Å². The number of hydrogen-bond acceptors (Lipinski definition) is 3. The monoisotopic (exact) mass is 221 g/mol. The van der Waals surface area contributed by atoms with Crippen LogP contribution in [0.1, 0.15) is 18.4 Å². The van der Waals surface area contributed by atoms with Gasteiger partial charge in [0.25, 0.3) is 0 Å². The Labute approximate surface area is 96.4 Å². The van der Waals surface area contributed by atoms with Gasteiger partial charge < -0.3 is 15.2 Å². The van der Waals surface area contributed by atoms with E-state index < -0.39 is 5.60 Å². The fourth-order valence-corrected chi connectivity index (χ4v) is 2.23. The highest BCUT2D eigenvalue weighted by molar-refractivity contribution is 5.28. The highest BCUT2D eigenvalue weighted by atomic mass is 16.5. The van der Waals surface area contributed by atoms with Crippen molar-refractivity contribution in [1.29, 1.82) is 0 Å². The number of ether oxygens (including phenoxy) is 1. The highest BCUT2D eigenvalue weighted by Gasteiger charge is 2.29. The molecule has 1 unspecified atom stereocenters. The molecule has 0 aromatic heterocycles. The maximum absolute atomic E-state index is 10.4. The van der Waals surface area contributed by atoms with E-state index in [9.17, 15) is 5.11 Å². The second-order valence-electron chi connectivity index (χ2n) is 4.53. The smallest absolute Gasteiger partial charge is 0.118 e. The maximum Gasteiger partial charge on any atom is 0.118 e. The van der Waals surface area contributed by atoms with Crippen LogP contribution in [0, 0.1) is 0 Å². The van der Waals surface area contributed by atoms with Crippen molar-refractivity contribution in [2.75, 3.05) is 20.2 Å². The summed E-state index contributed by atoms with van der Waals surface area (Å²) in [6.07, 6.45) is 2.64. The van der Waals surface area contributed by atoms with Crippen LogP contribution in [0.5, 0.6) is 5.75 Å². The van der Waals surface area contributed by atoms with Gasteiger partial charge in [-0.3, -0.25) is 0 Å². The zero-order chi connectivity index (χ0) is 11.4. The maximum atomic E-state index is 10.4. The summed E-state index contributed by atoms with van der Waals surface area (Å²) in [7, 11) is 1.66. The second-order valence-corrected chi connectivity index (χ2v) is 4.53. The minimum atomic E-state index is -0.577. The van der Waals surface area contributed by atoms with Crippen LogP contribution in [0.2, 0.25) is 0 Å². The first kappa shape index (κ1) is 11.4. The van der Waals surface area contributed by atoms with Crippen LogP contribution in [-0.4, -0.2) is 30.9 Å². The lowest BCUT2D eigenvalue weighted by Crippen LogP contribution is -2.47. The minimum absolute atomic E-state index is 0.577. The number of β-amino-alcohol motifs (C(OH)–C–C–N with tert-alkyl or cyclic N) is 1. The zero-order valence-electron chi connectivity index (χ0n) is 9.70. The number of methoxy groups -OCH3 is 1. The van der Waals surface area contributed by atoms with E-state index in [-0.39, 0.29) is 0 Å². The largest absolute Gasteiger partial charge is 0.497 e. The predicted molar refractivity (Wildman–Crippen MR) is 63.8 cm³/mol. The molecule has 1 saturated heterocycles. The molecule has 3 heteroatoms. The van der Waals surface area contributed by atoms with Crippen molar-refractivity contribution in [3.05, 3.63) is 29.8 Å². The highest BCUT2D eigenvalue weighted by Crippen LogP contribution is 2.22. The lowest BCUT2D eigenvalue weighted by atomic mass is 9.87. The Morgan fingerprint density at radius 3 is 2.69 bits per heavy atom. The van der Waals surface area contributed by atoms with Gasteiger partial charge in [0.2, 0.25) is 0 Å². The van der Waals surface area contributed by atoms with Gasteiger partial charge in [-0.15, -0.1) is 0 Å². The van der Waals surface area contributed by atoms with Crippen LogP contribution < -0.4 is 10.1 Å². The fourth-order valence-electron chi connectivity index (χ4n) is 2.23. The SMILES string of the molecule is COc1ccc(CC2(O)CCCNC2)cc1. The van der Waals surface area contributed by atoms with E-state index in [1.807, 2.05) is 24.3 Å². The number of hydrogen-bond donors (Lipinski definition) is 2. The van der Waals surface area contributed by atoms with Crippen molar-refractivity contribution in [3.8, 4) is 5.75 Å². The molecular formula is C13H19NO2. The Bertz CT molecular complexity index is 328. The van der Waals surface area contributed by atoms with Crippen LogP contribution in [0.3, 0.4) is 0 Å². The Kier molecular flexibility index (Phi) is 3.46. The Balaban J connectivity index is 2.01. The van der Waals surface area contributed by atoms with Gasteiger partial charge in [0.15, 0.2) is 0 Å². The van der Waals surface area contributed by atoms with Crippen LogP contribution in [-0.2, 0) is 6.42 Å². The normalized spacial score (nSPS) is 25.4. The van der Waals surface area contributed by atoms with E-state index in [0.717, 1.165) is 30.7 Å². The molecule has 16 heavy (non-hydrogen) atoms. The lowest BCUT2D eigenvalue weighted by Gasteiger charge is -2.32. The van der Waals surface area contributed by atoms with Crippen LogP contribution in [0.25, 0.3) is 0 Å². The van der Waals surface area contributed by atoms with Gasteiger partial charge in [0, 0.05) is 13.0 Å². The van der Waals surface area contributed by atoms with E-state index in [2.05, 4.69) is 5.32 Å². The molecule has 1 aliphatic heterocycles. The van der Waals surface area contributed by atoms with Crippen molar-refractivity contribution < 1.29 is 9.84 Å². The molecule has 0 spiro atoms. The standard InChI is InChI=1S/C13H19NO2/c1-16-12-5-3-11(4-6-12)9-13(15)7-2-8-14-10-13/h3-6,14-15H,2,7-10H2,1H3. The van der Waals surface area contributed by atoms with Crippen molar-refractivity contribution in [3.63, 3.8) is 0 Å². The molecule has 0 aliphatic carbocycles. The van der Waals surface area contributed by atoms with Gasteiger partial charge >= 0.3 is 0 Å². The summed E-state index contributed by atoms with van der Waals surface area (Å²) in [4.78, 5) is 0. The van der Waals surface area contributed by atoms with Crippen LogP contribution >= 0.6 is 0 Å². The quantitative estimate of drug-likeness (QED) is 0.809. The average molecular weight is 221 g/mol. The Morgan fingerprint density at radius 1 is 1.38 bits per heavy atom. The summed E-state index contributed by atoms with van der Waals surface area (Å²) in [6.45, 7) is 1.71. The first-order valence-electron chi connectivity index (χ1n) is 5.78. The van der Waals surface area contributed by atoms with Crippen molar-refractivity contribution in [2.24, 2.45) is 0 Å². The molecule has 0 bridgehead atoms. The number of piperidine rings is 1. The summed E-state index contributed by atoms with van der Waals surface area (Å²) >= 11 is 0. The summed E-state index contributed by atoms with van der Waals surface area (Å²) in [6, 6.07) is 7.92. The fraction of sp³-hybridized carbons (Fsp3) is 0.538. The first-order chi connectivity index (χ1) is 7.72. The lowest BCUT2D eigenvalue weighted by molar-refractivity contribution is 0.0169. The van der Waals surface area contributed by atoms with Crippen molar-refractivity contribution in [2.45, 2.75) is 24.9 Å². The topological polar surface area (TPSA) is 41.5 Å². The number of aliphatic hydroxyl groups is 1. The van der Waals surface area contributed by atoms with Gasteiger partial charge in [-0.25, -0.2) is 0 Å². The minimum Gasteiger partial charge on any atom is -0.497 e. The van der Waals surface area contributed by atoms with Crippen LogP contribution in [0.15, 0.2) is 24.3 Å². The second kappa shape index (κ2) is 4.85. The van der Waals surface area contributed by atoms with Crippen molar-refractivity contribution >= 4 is 0 Å². The third-order valence-corrected chi connectivity index (χ3v) is 3.14. The van der Waals surface area contributed by atoms with E-state index in [1.54, 1.807) is 7.11 Å². The summed E-state index contributed by atoms with van der Waals surface area (Å²) in [5.41, 5.74) is 0.583. The van der Waals surface area contributed by atoms with E-state index in [1.165, 1.54) is 0 Å². The number of rotatable bonds is 3. The molecule has 2 rings (SSSR count). The summed E-state index contributed by atoms with van der Waals surface area (Å²) < 4.78 is 5.11. The molecule has 0 saturated carbocycles. The molecule has 0 radical (unpaired) electrons. The van der Waals surface area contributed by atoms with Crippen molar-refractivity contribution in [1.82, 2.24) is 5.32 Å². The predicted octanol–water partition coefficient (Wildman–Crippen LogP) is 1.35. The Hall–Kier alpha value is -1.06. The molecule has 88 valence electrons. The Morgan fingerprint density at radius 2 is 2.12 bits per heavy atom. The van der Waals surface area contributed by atoms with Gasteiger partial charge in [-0.2, -0.15) is 0 Å². The molecule has 1 aromatic rings. The average Bonchev–Trinajstić information content (AvgIpc) is 2.30. The molecule has 1 aromatic carbocycles. The molecule has 0 amide bonds. The molecule has 1 heterocycles. The van der Waals surface area contributed by atoms with Gasteiger partial charge in [-0.05, 0) is 37.1 Å². The number of nitrogens with one attached hydrogen (secondary N) is 1. The molecular weight excluding hydrogens is 202 g/mol. The molecule has 3 nitrogen and oxygen atoms in total. The summed E-state index contributed by atoms with van der Waals surface area (Å²) in [5, 5.41) is 13.6. The summed E-state index contributed by atoms with van der Waals surface area (Å²) in [5.74, 6) is 0.859. The zero-order valence-corrected chi connectivity index (χ0v) is 9.70. The van der Waals surface area contributed by atoms with E-state index >= 15 is 0 Å². The van der Waals surface area contributed by atoms with Gasteiger partial charge in [-0.1, -0.05) is 12.1 Å². The first-order valence-corrected chi connectivity index (χ1v) is 5.78. The third-order valence-electron chi connectivity index (χ3n) is 3.14. The third kappa shape index (κ3) is 2.74. The number of benzene rings is 1. The molecule has 2 N–H and O–H groups in total. The van der Waals surface area contributed by atoms with E-state index in [0.29, 0.717) is 13.0 Å². The van der Waals surface area contributed by atoms with Gasteiger partial charge in [0.05, 0.1) is 12.7 Å². The van der Waals surface area contributed by atoms with E-state index in [4.69, 9.17) is 4.74 Å². The molecule has 1 atom stereocenters. The molecule has 1 fully saturated rings. The molecule has 1 aliphatic rings.